The van der Waals surface area contributed by atoms with Gasteiger partial charge in [-0.05, 0) is 24.3 Å². The summed E-state index contributed by atoms with van der Waals surface area (Å²) in [6.07, 6.45) is 3.96. The lowest BCUT2D eigenvalue weighted by atomic mass is 10.2. The molecule has 1 N–H and O–H groups in total. The van der Waals surface area contributed by atoms with Gasteiger partial charge in [-0.15, -0.1) is 0 Å². The Morgan fingerprint density at radius 2 is 1.78 bits per heavy atom. The van der Waals surface area contributed by atoms with Crippen molar-refractivity contribution in [3.63, 3.8) is 0 Å². The topological polar surface area (TPSA) is 77.0 Å². The Morgan fingerprint density at radius 3 is 2.70 bits per heavy atom. The second-order valence-electron chi connectivity index (χ2n) is 6.19. The molecule has 0 saturated heterocycles. The van der Waals surface area contributed by atoms with Gasteiger partial charge in [0.1, 0.15) is 23.7 Å². The molecule has 0 aliphatic rings. The van der Waals surface area contributed by atoms with E-state index in [2.05, 4.69) is 20.3 Å². The lowest BCUT2D eigenvalue weighted by molar-refractivity contribution is 0.572. The summed E-state index contributed by atoms with van der Waals surface area (Å²) in [5.74, 6) is 1.32. The normalized spacial score (nSPS) is 11.3. The summed E-state index contributed by atoms with van der Waals surface area (Å²) in [5.41, 5.74) is 4.15. The van der Waals surface area contributed by atoms with Crippen molar-refractivity contribution in [2.75, 3.05) is 11.9 Å². The molecular formula is C21H16N4O2. The summed E-state index contributed by atoms with van der Waals surface area (Å²) in [7, 11) is 0. The molecule has 5 rings (SSSR count). The van der Waals surface area contributed by atoms with Crippen molar-refractivity contribution in [2.24, 2.45) is 0 Å². The molecule has 2 aromatic carbocycles. The van der Waals surface area contributed by atoms with Crippen LogP contribution in [0.1, 0.15) is 5.69 Å². The number of hydrogen-bond acceptors (Lipinski definition) is 6. The first kappa shape index (κ1) is 15.6. The predicted octanol–water partition coefficient (Wildman–Crippen LogP) is 4.69. The monoisotopic (exact) mass is 356 g/mol. The number of nitrogens with one attached hydrogen (secondary N) is 1. The number of anilines is 1. The van der Waals surface area contributed by atoms with E-state index in [0.29, 0.717) is 30.3 Å². The molecule has 0 spiro atoms. The largest absolute Gasteiger partial charge is 0.450 e. The number of furan rings is 1. The van der Waals surface area contributed by atoms with Gasteiger partial charge >= 0.3 is 0 Å². The molecule has 0 amide bonds. The third-order valence-corrected chi connectivity index (χ3v) is 4.40. The van der Waals surface area contributed by atoms with E-state index < -0.39 is 0 Å². The Morgan fingerprint density at radius 1 is 0.926 bits per heavy atom. The first-order chi connectivity index (χ1) is 13.4. The molecular weight excluding hydrogens is 340 g/mol. The Balaban J connectivity index is 1.33. The fourth-order valence-corrected chi connectivity index (χ4v) is 3.09. The van der Waals surface area contributed by atoms with Gasteiger partial charge in [-0.1, -0.05) is 30.3 Å². The fourth-order valence-electron chi connectivity index (χ4n) is 3.09. The maximum Gasteiger partial charge on any atom is 0.226 e. The van der Waals surface area contributed by atoms with Crippen LogP contribution in [-0.2, 0) is 6.42 Å². The molecule has 27 heavy (non-hydrogen) atoms. The fraction of sp³-hybridized carbons (Fsp3) is 0.0952. The number of hydrogen-bond donors (Lipinski definition) is 1. The van der Waals surface area contributed by atoms with Gasteiger partial charge in [-0.2, -0.15) is 0 Å². The molecule has 0 fully saturated rings. The minimum absolute atomic E-state index is 0.632. The van der Waals surface area contributed by atoms with Crippen LogP contribution in [0.15, 0.2) is 76.0 Å². The van der Waals surface area contributed by atoms with E-state index in [1.54, 1.807) is 12.6 Å². The van der Waals surface area contributed by atoms with E-state index in [9.17, 15) is 0 Å². The van der Waals surface area contributed by atoms with E-state index in [1.807, 2.05) is 54.6 Å². The molecule has 132 valence electrons. The van der Waals surface area contributed by atoms with Crippen LogP contribution < -0.4 is 5.32 Å². The molecule has 0 radical (unpaired) electrons. The molecule has 0 saturated carbocycles. The minimum Gasteiger partial charge on any atom is -0.450 e. The van der Waals surface area contributed by atoms with E-state index in [0.717, 1.165) is 27.7 Å². The molecule has 3 aromatic heterocycles. The van der Waals surface area contributed by atoms with Crippen LogP contribution >= 0.6 is 0 Å². The molecule has 0 bridgehead atoms. The lowest BCUT2D eigenvalue weighted by Crippen LogP contribution is -2.07. The number of oxazole rings is 1. The number of benzene rings is 2. The quantitative estimate of drug-likeness (QED) is 0.492. The van der Waals surface area contributed by atoms with Crippen LogP contribution in [0.25, 0.3) is 33.5 Å². The molecule has 0 atom stereocenters. The highest BCUT2D eigenvalue weighted by molar-refractivity contribution is 6.05. The summed E-state index contributed by atoms with van der Waals surface area (Å²) < 4.78 is 11.5. The van der Waals surface area contributed by atoms with E-state index in [4.69, 9.17) is 8.83 Å². The number of fused-ring (bicyclic) bond motifs is 3. The number of aromatic nitrogens is 3. The second kappa shape index (κ2) is 6.57. The second-order valence-corrected chi connectivity index (χ2v) is 6.19. The summed E-state index contributed by atoms with van der Waals surface area (Å²) >= 11 is 0. The maximum absolute atomic E-state index is 5.93. The summed E-state index contributed by atoms with van der Waals surface area (Å²) in [6, 6.07) is 17.7. The van der Waals surface area contributed by atoms with Crippen LogP contribution in [0.4, 0.5) is 5.82 Å². The molecule has 0 aliphatic carbocycles. The van der Waals surface area contributed by atoms with Crippen molar-refractivity contribution in [2.45, 2.75) is 6.42 Å². The van der Waals surface area contributed by atoms with E-state index in [1.165, 1.54) is 0 Å². The van der Waals surface area contributed by atoms with Crippen molar-refractivity contribution >= 4 is 27.9 Å². The van der Waals surface area contributed by atoms with Crippen LogP contribution in [0.5, 0.6) is 0 Å². The van der Waals surface area contributed by atoms with Gasteiger partial charge in [0.25, 0.3) is 0 Å². The van der Waals surface area contributed by atoms with Crippen molar-refractivity contribution in [1.29, 1.82) is 0 Å². The zero-order valence-corrected chi connectivity index (χ0v) is 14.4. The third kappa shape index (κ3) is 2.91. The predicted molar refractivity (Wildman–Crippen MR) is 103 cm³/mol. The first-order valence-electron chi connectivity index (χ1n) is 8.74. The molecule has 0 unspecified atom stereocenters. The molecule has 6 heteroatoms. The lowest BCUT2D eigenvalue weighted by Gasteiger charge is -2.03. The number of rotatable bonds is 5. The standard InChI is InChI=1S/C21H16N4O2/c1-2-6-14(7-3-1)21-25-15(12-26-21)10-11-22-20-19-18(23-13-24-20)16-8-4-5-9-17(16)27-19/h1-9,12-13H,10-11H2,(H,22,23,24). The Kier molecular flexibility index (Phi) is 3.79. The van der Waals surface area contributed by atoms with Crippen molar-refractivity contribution < 1.29 is 8.83 Å². The maximum atomic E-state index is 5.93. The van der Waals surface area contributed by atoms with Crippen molar-refractivity contribution in [3.8, 4) is 11.5 Å². The zero-order valence-electron chi connectivity index (χ0n) is 14.4. The highest BCUT2D eigenvalue weighted by atomic mass is 16.3. The van der Waals surface area contributed by atoms with Gasteiger partial charge < -0.3 is 14.2 Å². The summed E-state index contributed by atoms with van der Waals surface area (Å²) in [4.78, 5) is 13.2. The molecule has 0 aliphatic heterocycles. The van der Waals surface area contributed by atoms with E-state index in [-0.39, 0.29) is 0 Å². The third-order valence-electron chi connectivity index (χ3n) is 4.40. The Bertz CT molecular complexity index is 1210. The molecule has 5 aromatic rings. The van der Waals surface area contributed by atoms with Crippen LogP contribution in [0.3, 0.4) is 0 Å². The molecule has 3 heterocycles. The minimum atomic E-state index is 0.632. The number of nitrogens with zero attached hydrogens (tertiary/aromatic N) is 3. The van der Waals surface area contributed by atoms with Crippen LogP contribution in [0, 0.1) is 0 Å². The van der Waals surface area contributed by atoms with E-state index >= 15 is 0 Å². The van der Waals surface area contributed by atoms with Crippen LogP contribution in [-0.4, -0.2) is 21.5 Å². The van der Waals surface area contributed by atoms with Gasteiger partial charge in [0.15, 0.2) is 11.4 Å². The molecule has 6 nitrogen and oxygen atoms in total. The SMILES string of the molecule is c1ccc(-c2nc(CCNc3ncnc4c3oc3ccccc34)co2)cc1. The average Bonchev–Trinajstić information content (AvgIpc) is 3.34. The van der Waals surface area contributed by atoms with Crippen molar-refractivity contribution in [3.05, 3.63) is 72.9 Å². The van der Waals surface area contributed by atoms with Gasteiger partial charge in [0.05, 0.1) is 5.69 Å². The first-order valence-corrected chi connectivity index (χ1v) is 8.74. The summed E-state index contributed by atoms with van der Waals surface area (Å²) in [6.45, 7) is 0.657. The van der Waals surface area contributed by atoms with Gasteiger partial charge in [0.2, 0.25) is 5.89 Å². The highest BCUT2D eigenvalue weighted by Crippen LogP contribution is 2.30. The smallest absolute Gasteiger partial charge is 0.226 e. The number of para-hydroxylation sites is 1. The Labute approximate surface area is 154 Å². The van der Waals surface area contributed by atoms with Crippen molar-refractivity contribution in [1.82, 2.24) is 15.0 Å². The highest BCUT2D eigenvalue weighted by Gasteiger charge is 2.13. The van der Waals surface area contributed by atoms with Gasteiger partial charge in [-0.25, -0.2) is 15.0 Å². The Hall–Kier alpha value is -3.67. The zero-order chi connectivity index (χ0) is 18.1. The van der Waals surface area contributed by atoms with Gasteiger partial charge in [0, 0.05) is 23.9 Å². The van der Waals surface area contributed by atoms with Gasteiger partial charge in [-0.3, -0.25) is 0 Å². The van der Waals surface area contributed by atoms with Crippen LogP contribution in [0.2, 0.25) is 0 Å². The average molecular weight is 356 g/mol. The summed E-state index contributed by atoms with van der Waals surface area (Å²) in [5, 5.41) is 4.31.